The summed E-state index contributed by atoms with van der Waals surface area (Å²) < 4.78 is 0. The van der Waals surface area contributed by atoms with Crippen LogP contribution in [0.15, 0.2) is 24.3 Å². The fourth-order valence-electron chi connectivity index (χ4n) is 2.30. The van der Waals surface area contributed by atoms with Crippen molar-refractivity contribution < 1.29 is 0 Å². The molecule has 1 heterocycles. The van der Waals surface area contributed by atoms with Crippen LogP contribution in [-0.4, -0.2) is 13.1 Å². The van der Waals surface area contributed by atoms with Crippen LogP contribution in [-0.2, 0) is 0 Å². The van der Waals surface area contributed by atoms with Gasteiger partial charge in [-0.2, -0.15) is 0 Å². The lowest BCUT2D eigenvalue weighted by Crippen LogP contribution is -2.09. The predicted octanol–water partition coefficient (Wildman–Crippen LogP) is 3.05. The van der Waals surface area contributed by atoms with E-state index < -0.39 is 0 Å². The van der Waals surface area contributed by atoms with Crippen LogP contribution in [0.25, 0.3) is 0 Å². The van der Waals surface area contributed by atoms with E-state index in [0.29, 0.717) is 5.92 Å². The molecule has 2 rings (SSSR count). The molecule has 1 aromatic rings. The average molecular weight is 210 g/mol. The van der Waals surface area contributed by atoms with Crippen molar-refractivity contribution in [3.8, 4) is 0 Å². The Bertz CT molecular complexity index is 311. The smallest absolute Gasteiger partial charge is 0.0441 e. The van der Waals surface area contributed by atoms with E-state index in [-0.39, 0.29) is 0 Å². The van der Waals surface area contributed by atoms with Crippen molar-refractivity contribution in [3.63, 3.8) is 0 Å². The molecule has 0 aromatic heterocycles. The first-order chi connectivity index (χ1) is 6.83. The molecule has 1 aliphatic heterocycles. The van der Waals surface area contributed by atoms with Crippen molar-refractivity contribution in [1.82, 2.24) is 5.32 Å². The normalized spacial score (nSPS) is 26.7. The molecule has 1 nitrogen and oxygen atoms in total. The third kappa shape index (κ3) is 1.79. The first-order valence-corrected chi connectivity index (χ1v) is 5.66. The van der Waals surface area contributed by atoms with E-state index in [0.717, 1.165) is 24.0 Å². The Morgan fingerprint density at radius 3 is 2.86 bits per heavy atom. The van der Waals surface area contributed by atoms with E-state index in [1.54, 1.807) is 0 Å². The highest BCUT2D eigenvalue weighted by molar-refractivity contribution is 6.31. The molecule has 1 aromatic carbocycles. The third-order valence-electron chi connectivity index (χ3n) is 3.17. The molecule has 0 bridgehead atoms. The molecule has 0 amide bonds. The molecule has 1 N–H and O–H groups in total. The van der Waals surface area contributed by atoms with Crippen LogP contribution in [0.1, 0.15) is 24.8 Å². The fourth-order valence-corrected chi connectivity index (χ4v) is 2.58. The minimum Gasteiger partial charge on any atom is -0.316 e. The summed E-state index contributed by atoms with van der Waals surface area (Å²) in [6, 6.07) is 8.21. The Morgan fingerprint density at radius 2 is 2.14 bits per heavy atom. The van der Waals surface area contributed by atoms with Crippen LogP contribution >= 0.6 is 11.6 Å². The van der Waals surface area contributed by atoms with Gasteiger partial charge in [0.25, 0.3) is 0 Å². The number of nitrogens with one attached hydrogen (secondary N) is 1. The monoisotopic (exact) mass is 209 g/mol. The highest BCUT2D eigenvalue weighted by Crippen LogP contribution is 2.34. The van der Waals surface area contributed by atoms with E-state index in [4.69, 9.17) is 11.6 Å². The van der Waals surface area contributed by atoms with Gasteiger partial charge >= 0.3 is 0 Å². The topological polar surface area (TPSA) is 12.0 Å². The molecule has 76 valence electrons. The predicted molar refractivity (Wildman–Crippen MR) is 60.8 cm³/mol. The maximum absolute atomic E-state index is 6.20. The van der Waals surface area contributed by atoms with Gasteiger partial charge in [0.1, 0.15) is 0 Å². The van der Waals surface area contributed by atoms with Crippen molar-refractivity contribution in [2.45, 2.75) is 19.3 Å². The summed E-state index contributed by atoms with van der Waals surface area (Å²) in [5.41, 5.74) is 1.31. The van der Waals surface area contributed by atoms with Gasteiger partial charge in [-0.05, 0) is 24.1 Å². The van der Waals surface area contributed by atoms with Gasteiger partial charge in [-0.1, -0.05) is 43.1 Å². The summed E-state index contributed by atoms with van der Waals surface area (Å²) in [6.45, 7) is 4.45. The van der Waals surface area contributed by atoms with Crippen molar-refractivity contribution in [3.05, 3.63) is 34.9 Å². The molecule has 0 aliphatic carbocycles. The van der Waals surface area contributed by atoms with Gasteiger partial charge in [0, 0.05) is 17.5 Å². The molecule has 0 saturated carbocycles. The lowest BCUT2D eigenvalue weighted by molar-refractivity contribution is 0.503. The fraction of sp³-hybridized carbons (Fsp3) is 0.500. The molecular formula is C12H16ClN. The van der Waals surface area contributed by atoms with Gasteiger partial charge in [-0.3, -0.25) is 0 Å². The van der Waals surface area contributed by atoms with Crippen molar-refractivity contribution in [2.24, 2.45) is 5.92 Å². The minimum atomic E-state index is 0.605. The van der Waals surface area contributed by atoms with Crippen LogP contribution in [0.2, 0.25) is 5.02 Å². The Morgan fingerprint density at radius 1 is 1.36 bits per heavy atom. The lowest BCUT2D eigenvalue weighted by atomic mass is 9.87. The standard InChI is InChI=1S/C12H16ClN/c1-2-9-7-14-8-11(9)10-5-3-4-6-12(10)13/h3-6,9,11,14H,2,7-8H2,1H3/t9-,11-/m0/s1. The summed E-state index contributed by atoms with van der Waals surface area (Å²) >= 11 is 6.20. The summed E-state index contributed by atoms with van der Waals surface area (Å²) in [7, 11) is 0. The van der Waals surface area contributed by atoms with Crippen LogP contribution in [0.3, 0.4) is 0 Å². The molecule has 0 radical (unpaired) electrons. The van der Waals surface area contributed by atoms with E-state index in [1.807, 2.05) is 12.1 Å². The maximum Gasteiger partial charge on any atom is 0.0441 e. The summed E-state index contributed by atoms with van der Waals surface area (Å²) in [5.74, 6) is 1.35. The second-order valence-electron chi connectivity index (χ2n) is 3.95. The highest BCUT2D eigenvalue weighted by atomic mass is 35.5. The molecule has 1 saturated heterocycles. The average Bonchev–Trinajstić information content (AvgIpc) is 2.66. The molecule has 1 aliphatic rings. The van der Waals surface area contributed by atoms with Crippen LogP contribution in [0.5, 0.6) is 0 Å². The number of hydrogen-bond donors (Lipinski definition) is 1. The van der Waals surface area contributed by atoms with Crippen LogP contribution < -0.4 is 5.32 Å². The van der Waals surface area contributed by atoms with E-state index in [9.17, 15) is 0 Å². The molecule has 0 spiro atoms. The Hall–Kier alpha value is -0.530. The Balaban J connectivity index is 2.26. The van der Waals surface area contributed by atoms with Crippen LogP contribution in [0, 0.1) is 5.92 Å². The van der Waals surface area contributed by atoms with Crippen molar-refractivity contribution in [2.75, 3.05) is 13.1 Å². The summed E-state index contributed by atoms with van der Waals surface area (Å²) in [4.78, 5) is 0. The molecule has 2 atom stereocenters. The molecule has 14 heavy (non-hydrogen) atoms. The van der Waals surface area contributed by atoms with Gasteiger partial charge in [0.15, 0.2) is 0 Å². The maximum atomic E-state index is 6.20. The number of hydrogen-bond acceptors (Lipinski definition) is 1. The van der Waals surface area contributed by atoms with E-state index in [2.05, 4.69) is 24.4 Å². The van der Waals surface area contributed by atoms with Gasteiger partial charge in [-0.15, -0.1) is 0 Å². The first-order valence-electron chi connectivity index (χ1n) is 5.28. The largest absolute Gasteiger partial charge is 0.316 e. The van der Waals surface area contributed by atoms with E-state index >= 15 is 0 Å². The Kier molecular flexibility index (Phi) is 3.09. The minimum absolute atomic E-state index is 0.605. The highest BCUT2D eigenvalue weighted by Gasteiger charge is 2.27. The third-order valence-corrected chi connectivity index (χ3v) is 3.51. The van der Waals surface area contributed by atoms with Gasteiger partial charge < -0.3 is 5.32 Å². The summed E-state index contributed by atoms with van der Waals surface area (Å²) in [6.07, 6.45) is 1.23. The molecule has 1 fully saturated rings. The molecular weight excluding hydrogens is 194 g/mol. The molecule has 0 unspecified atom stereocenters. The molecule has 2 heteroatoms. The number of rotatable bonds is 2. The van der Waals surface area contributed by atoms with E-state index in [1.165, 1.54) is 12.0 Å². The summed E-state index contributed by atoms with van der Waals surface area (Å²) in [5, 5.41) is 4.36. The van der Waals surface area contributed by atoms with Gasteiger partial charge in [0.2, 0.25) is 0 Å². The number of benzene rings is 1. The zero-order valence-corrected chi connectivity index (χ0v) is 9.22. The first kappa shape index (κ1) is 10.0. The van der Waals surface area contributed by atoms with Gasteiger partial charge in [-0.25, -0.2) is 0 Å². The second kappa shape index (κ2) is 4.33. The van der Waals surface area contributed by atoms with Crippen molar-refractivity contribution in [1.29, 1.82) is 0 Å². The second-order valence-corrected chi connectivity index (χ2v) is 4.36. The van der Waals surface area contributed by atoms with Crippen molar-refractivity contribution >= 4 is 11.6 Å². The quantitative estimate of drug-likeness (QED) is 0.790. The zero-order chi connectivity index (χ0) is 9.97. The number of halogens is 1. The van der Waals surface area contributed by atoms with Gasteiger partial charge in [0.05, 0.1) is 0 Å². The zero-order valence-electron chi connectivity index (χ0n) is 8.46. The Labute approximate surface area is 90.5 Å². The SMILES string of the molecule is CC[C@H]1CNC[C@@H]1c1ccccc1Cl. The lowest BCUT2D eigenvalue weighted by Gasteiger charge is -2.18. The van der Waals surface area contributed by atoms with Crippen LogP contribution in [0.4, 0.5) is 0 Å².